The number of aliphatic hydroxyl groups excluding tert-OH is 1. The van der Waals surface area contributed by atoms with E-state index < -0.39 is 0 Å². The van der Waals surface area contributed by atoms with Crippen molar-refractivity contribution in [3.8, 4) is 0 Å². The van der Waals surface area contributed by atoms with E-state index in [1.165, 1.54) is 0 Å². The Balaban J connectivity index is 2.58. The normalized spacial score (nSPS) is 15.7. The third kappa shape index (κ3) is 2.56. The van der Waals surface area contributed by atoms with E-state index in [4.69, 9.17) is 0 Å². The fourth-order valence-corrected chi connectivity index (χ4v) is 1.36. The molecular formula is C10H18N2O. The molecule has 1 aromatic heterocycles. The van der Waals surface area contributed by atoms with Gasteiger partial charge in [0.1, 0.15) is 0 Å². The van der Waals surface area contributed by atoms with E-state index in [1.54, 1.807) is 12.5 Å². The number of nitrogens with zero attached hydrogens (tertiary/aromatic N) is 2. The molecule has 0 radical (unpaired) electrons. The molecule has 0 aromatic carbocycles. The van der Waals surface area contributed by atoms with Gasteiger partial charge in [0.2, 0.25) is 0 Å². The lowest BCUT2D eigenvalue weighted by Crippen LogP contribution is -2.07. The summed E-state index contributed by atoms with van der Waals surface area (Å²) in [6, 6.07) is 0. The third-order valence-electron chi connectivity index (χ3n) is 2.52. The van der Waals surface area contributed by atoms with Crippen molar-refractivity contribution in [2.24, 2.45) is 13.0 Å². The molecule has 2 unspecified atom stereocenters. The highest BCUT2D eigenvalue weighted by Crippen LogP contribution is 2.21. The summed E-state index contributed by atoms with van der Waals surface area (Å²) < 4.78 is 1.87. The van der Waals surface area contributed by atoms with Crippen LogP contribution in [-0.4, -0.2) is 14.7 Å². The molecule has 1 N–H and O–H groups in total. The van der Waals surface area contributed by atoms with Crippen molar-refractivity contribution in [1.29, 1.82) is 0 Å². The SMILES string of the molecule is CCC(C)CC(O)c1cncn1C. The van der Waals surface area contributed by atoms with Crippen molar-refractivity contribution in [3.63, 3.8) is 0 Å². The molecule has 0 aliphatic rings. The molecule has 3 heteroatoms. The van der Waals surface area contributed by atoms with Crippen LogP contribution in [0, 0.1) is 5.92 Å². The molecule has 1 heterocycles. The second-order valence-electron chi connectivity index (χ2n) is 3.69. The molecule has 1 aromatic rings. The van der Waals surface area contributed by atoms with Gasteiger partial charge in [-0.2, -0.15) is 0 Å². The van der Waals surface area contributed by atoms with Crippen molar-refractivity contribution in [1.82, 2.24) is 9.55 Å². The Morgan fingerprint density at radius 1 is 1.62 bits per heavy atom. The van der Waals surface area contributed by atoms with Crippen molar-refractivity contribution in [2.45, 2.75) is 32.8 Å². The second kappa shape index (κ2) is 4.42. The van der Waals surface area contributed by atoms with Crippen LogP contribution in [0.3, 0.4) is 0 Å². The molecule has 0 saturated heterocycles. The molecule has 3 nitrogen and oxygen atoms in total. The van der Waals surface area contributed by atoms with Gasteiger partial charge >= 0.3 is 0 Å². The van der Waals surface area contributed by atoms with E-state index >= 15 is 0 Å². The van der Waals surface area contributed by atoms with E-state index in [2.05, 4.69) is 18.8 Å². The van der Waals surface area contributed by atoms with Crippen molar-refractivity contribution >= 4 is 0 Å². The van der Waals surface area contributed by atoms with Crippen LogP contribution < -0.4 is 0 Å². The Labute approximate surface area is 79.4 Å². The van der Waals surface area contributed by atoms with Crippen LogP contribution in [0.1, 0.15) is 38.5 Å². The van der Waals surface area contributed by atoms with Gasteiger partial charge in [-0.05, 0) is 12.3 Å². The summed E-state index contributed by atoms with van der Waals surface area (Å²) in [7, 11) is 1.90. The van der Waals surface area contributed by atoms with Gasteiger partial charge in [-0.25, -0.2) is 4.98 Å². The van der Waals surface area contributed by atoms with Crippen LogP contribution in [0.2, 0.25) is 0 Å². The number of hydrogen-bond acceptors (Lipinski definition) is 2. The first kappa shape index (κ1) is 10.3. The minimum atomic E-state index is -0.373. The topological polar surface area (TPSA) is 38.1 Å². The minimum absolute atomic E-state index is 0.373. The first-order valence-corrected chi connectivity index (χ1v) is 4.79. The lowest BCUT2D eigenvalue weighted by molar-refractivity contribution is 0.139. The Bertz CT molecular complexity index is 257. The molecular weight excluding hydrogens is 164 g/mol. The summed E-state index contributed by atoms with van der Waals surface area (Å²) >= 11 is 0. The molecule has 0 amide bonds. The summed E-state index contributed by atoms with van der Waals surface area (Å²) in [5.41, 5.74) is 0.903. The predicted octanol–water partition coefficient (Wildman–Crippen LogP) is 1.89. The molecule has 0 fully saturated rings. The predicted molar refractivity (Wildman–Crippen MR) is 52.2 cm³/mol. The molecule has 74 valence electrons. The van der Waals surface area contributed by atoms with Crippen LogP contribution >= 0.6 is 0 Å². The largest absolute Gasteiger partial charge is 0.387 e. The zero-order chi connectivity index (χ0) is 9.84. The van der Waals surface area contributed by atoms with Crippen LogP contribution in [0.15, 0.2) is 12.5 Å². The lowest BCUT2D eigenvalue weighted by Gasteiger charge is -2.14. The Morgan fingerprint density at radius 2 is 2.31 bits per heavy atom. The fraction of sp³-hybridized carbons (Fsp3) is 0.700. The number of aryl methyl sites for hydroxylation is 1. The van der Waals surface area contributed by atoms with Crippen LogP contribution in [-0.2, 0) is 7.05 Å². The first-order valence-electron chi connectivity index (χ1n) is 4.79. The maximum atomic E-state index is 9.83. The summed E-state index contributed by atoms with van der Waals surface area (Å²) in [6.45, 7) is 4.29. The number of hydrogen-bond donors (Lipinski definition) is 1. The van der Waals surface area contributed by atoms with Crippen molar-refractivity contribution < 1.29 is 5.11 Å². The van der Waals surface area contributed by atoms with Gasteiger partial charge < -0.3 is 9.67 Å². The zero-order valence-corrected chi connectivity index (χ0v) is 8.57. The Hall–Kier alpha value is -0.830. The highest BCUT2D eigenvalue weighted by atomic mass is 16.3. The van der Waals surface area contributed by atoms with Crippen LogP contribution in [0.25, 0.3) is 0 Å². The average Bonchev–Trinajstić information content (AvgIpc) is 2.51. The van der Waals surface area contributed by atoms with E-state index in [-0.39, 0.29) is 6.10 Å². The fourth-order valence-electron chi connectivity index (χ4n) is 1.36. The number of aromatic nitrogens is 2. The van der Waals surface area contributed by atoms with Crippen LogP contribution in [0.4, 0.5) is 0 Å². The quantitative estimate of drug-likeness (QED) is 0.772. The van der Waals surface area contributed by atoms with E-state index in [0.717, 1.165) is 18.5 Å². The molecule has 2 atom stereocenters. The maximum absolute atomic E-state index is 9.83. The van der Waals surface area contributed by atoms with Gasteiger partial charge in [0.25, 0.3) is 0 Å². The van der Waals surface area contributed by atoms with E-state index in [9.17, 15) is 5.11 Å². The number of imidazole rings is 1. The summed E-state index contributed by atoms with van der Waals surface area (Å²) in [5.74, 6) is 0.560. The van der Waals surface area contributed by atoms with Gasteiger partial charge in [-0.1, -0.05) is 20.3 Å². The third-order valence-corrected chi connectivity index (χ3v) is 2.52. The Morgan fingerprint density at radius 3 is 2.77 bits per heavy atom. The monoisotopic (exact) mass is 182 g/mol. The smallest absolute Gasteiger partial charge is 0.0958 e. The molecule has 13 heavy (non-hydrogen) atoms. The maximum Gasteiger partial charge on any atom is 0.0958 e. The summed E-state index contributed by atoms with van der Waals surface area (Å²) in [6.07, 6.45) is 5.00. The minimum Gasteiger partial charge on any atom is -0.387 e. The van der Waals surface area contributed by atoms with Crippen molar-refractivity contribution in [2.75, 3.05) is 0 Å². The zero-order valence-electron chi connectivity index (χ0n) is 8.57. The van der Waals surface area contributed by atoms with Gasteiger partial charge in [0.05, 0.1) is 24.3 Å². The second-order valence-corrected chi connectivity index (χ2v) is 3.69. The van der Waals surface area contributed by atoms with E-state index in [0.29, 0.717) is 5.92 Å². The summed E-state index contributed by atoms with van der Waals surface area (Å²) in [5, 5.41) is 9.83. The van der Waals surface area contributed by atoms with Gasteiger partial charge in [-0.3, -0.25) is 0 Å². The molecule has 1 rings (SSSR count). The average molecular weight is 182 g/mol. The molecule has 0 saturated carbocycles. The van der Waals surface area contributed by atoms with E-state index in [1.807, 2.05) is 11.6 Å². The number of aliphatic hydroxyl groups is 1. The Kier molecular flexibility index (Phi) is 3.48. The van der Waals surface area contributed by atoms with Gasteiger partial charge in [-0.15, -0.1) is 0 Å². The highest BCUT2D eigenvalue weighted by Gasteiger charge is 2.13. The van der Waals surface area contributed by atoms with Gasteiger partial charge in [0.15, 0.2) is 0 Å². The lowest BCUT2D eigenvalue weighted by atomic mass is 10.00. The molecule has 0 bridgehead atoms. The molecule has 0 spiro atoms. The number of rotatable bonds is 4. The van der Waals surface area contributed by atoms with Crippen LogP contribution in [0.5, 0.6) is 0 Å². The van der Waals surface area contributed by atoms with Crippen molar-refractivity contribution in [3.05, 3.63) is 18.2 Å². The standard InChI is InChI=1S/C10H18N2O/c1-4-8(2)5-10(13)9-6-11-7-12(9)3/h6-8,10,13H,4-5H2,1-3H3. The molecule has 0 aliphatic heterocycles. The van der Waals surface area contributed by atoms with Gasteiger partial charge in [0, 0.05) is 7.05 Å². The highest BCUT2D eigenvalue weighted by molar-refractivity contribution is 5.01. The first-order chi connectivity index (χ1) is 6.15. The molecule has 0 aliphatic carbocycles. The summed E-state index contributed by atoms with van der Waals surface area (Å²) in [4.78, 5) is 3.98.